The minimum Gasteiger partial charge on any atom is -0.319 e. The van der Waals surface area contributed by atoms with Crippen LogP contribution in [0.25, 0.3) is 11.3 Å². The van der Waals surface area contributed by atoms with Gasteiger partial charge in [0.2, 0.25) is 0 Å². The molecule has 1 aliphatic rings. The zero-order chi connectivity index (χ0) is 12.8. The smallest absolute Gasteiger partial charge is 0.123 e. The number of halogens is 1. The zero-order valence-electron chi connectivity index (χ0n) is 10.2. The van der Waals surface area contributed by atoms with E-state index in [0.29, 0.717) is 0 Å². The molecule has 0 spiro atoms. The Balaban J connectivity index is 2.00. The first-order valence-corrected chi connectivity index (χ1v) is 6.93. The van der Waals surface area contributed by atoms with Gasteiger partial charge in [0.15, 0.2) is 0 Å². The summed E-state index contributed by atoms with van der Waals surface area (Å²) in [5, 5.41) is 1.02. The molecule has 1 aliphatic carbocycles. The highest BCUT2D eigenvalue weighted by molar-refractivity contribution is 7.12. The SMILES string of the molecule is Cc1sc(C2(N)CCC2)nc1-c1ccc(F)cc1. The van der Waals surface area contributed by atoms with Gasteiger partial charge in [0.25, 0.3) is 0 Å². The Morgan fingerprint density at radius 2 is 1.94 bits per heavy atom. The summed E-state index contributed by atoms with van der Waals surface area (Å²) in [5.74, 6) is -0.221. The van der Waals surface area contributed by atoms with Gasteiger partial charge in [-0.1, -0.05) is 0 Å². The van der Waals surface area contributed by atoms with Crippen LogP contribution in [-0.2, 0) is 5.54 Å². The van der Waals surface area contributed by atoms with Gasteiger partial charge in [-0.2, -0.15) is 0 Å². The number of aromatic nitrogens is 1. The van der Waals surface area contributed by atoms with Crippen LogP contribution in [0, 0.1) is 12.7 Å². The molecule has 4 heteroatoms. The molecule has 1 heterocycles. The number of thiazole rings is 1. The number of nitrogens with two attached hydrogens (primary N) is 1. The summed E-state index contributed by atoms with van der Waals surface area (Å²) in [4.78, 5) is 5.82. The summed E-state index contributed by atoms with van der Waals surface area (Å²) in [6.07, 6.45) is 3.21. The molecule has 2 aromatic rings. The molecule has 18 heavy (non-hydrogen) atoms. The maximum absolute atomic E-state index is 12.9. The second kappa shape index (κ2) is 4.14. The van der Waals surface area contributed by atoms with E-state index in [1.54, 1.807) is 23.5 Å². The van der Waals surface area contributed by atoms with Gasteiger partial charge < -0.3 is 5.73 Å². The van der Waals surface area contributed by atoms with Gasteiger partial charge in [0.05, 0.1) is 11.2 Å². The van der Waals surface area contributed by atoms with Crippen molar-refractivity contribution in [3.05, 3.63) is 40.0 Å². The average molecular weight is 262 g/mol. The van der Waals surface area contributed by atoms with E-state index in [9.17, 15) is 4.39 Å². The number of aryl methyl sites for hydroxylation is 1. The standard InChI is InChI=1S/C14H15FN2S/c1-9-12(10-3-5-11(15)6-4-10)17-13(18-9)14(16)7-2-8-14/h3-6H,2,7-8,16H2,1H3. The molecule has 1 fully saturated rings. The van der Waals surface area contributed by atoms with E-state index in [0.717, 1.165) is 34.0 Å². The summed E-state index contributed by atoms with van der Waals surface area (Å²) in [7, 11) is 0. The van der Waals surface area contributed by atoms with Crippen molar-refractivity contribution in [2.75, 3.05) is 0 Å². The quantitative estimate of drug-likeness (QED) is 0.898. The average Bonchev–Trinajstić information content (AvgIpc) is 2.70. The van der Waals surface area contributed by atoms with Crippen molar-refractivity contribution in [3.8, 4) is 11.3 Å². The summed E-state index contributed by atoms with van der Waals surface area (Å²) < 4.78 is 12.9. The second-order valence-electron chi connectivity index (χ2n) is 4.94. The second-order valence-corrected chi connectivity index (χ2v) is 6.14. The number of rotatable bonds is 2. The molecule has 0 radical (unpaired) electrons. The van der Waals surface area contributed by atoms with Crippen LogP contribution in [0.5, 0.6) is 0 Å². The predicted molar refractivity (Wildman–Crippen MR) is 72.0 cm³/mol. The lowest BCUT2D eigenvalue weighted by molar-refractivity contribution is 0.253. The van der Waals surface area contributed by atoms with Crippen molar-refractivity contribution in [3.63, 3.8) is 0 Å². The minimum atomic E-state index is -0.221. The molecule has 3 rings (SSSR count). The highest BCUT2D eigenvalue weighted by atomic mass is 32.1. The largest absolute Gasteiger partial charge is 0.319 e. The van der Waals surface area contributed by atoms with Crippen LogP contribution in [0.4, 0.5) is 4.39 Å². The van der Waals surface area contributed by atoms with Gasteiger partial charge in [0.1, 0.15) is 10.8 Å². The number of benzene rings is 1. The van der Waals surface area contributed by atoms with Crippen LogP contribution in [0.15, 0.2) is 24.3 Å². The normalized spacial score (nSPS) is 17.5. The molecule has 0 saturated heterocycles. The van der Waals surface area contributed by atoms with Gasteiger partial charge in [-0.25, -0.2) is 9.37 Å². The summed E-state index contributed by atoms with van der Waals surface area (Å²) in [5.41, 5.74) is 7.98. The fourth-order valence-electron chi connectivity index (χ4n) is 2.26. The molecule has 0 amide bonds. The van der Waals surface area contributed by atoms with Crippen LogP contribution >= 0.6 is 11.3 Å². The van der Waals surface area contributed by atoms with Crippen LogP contribution in [0.3, 0.4) is 0 Å². The molecular weight excluding hydrogens is 247 g/mol. The molecule has 0 atom stereocenters. The lowest BCUT2D eigenvalue weighted by Crippen LogP contribution is -2.43. The maximum Gasteiger partial charge on any atom is 0.123 e. The Kier molecular flexibility index (Phi) is 2.72. The fourth-order valence-corrected chi connectivity index (χ4v) is 3.35. The summed E-state index contributed by atoms with van der Waals surface area (Å²) in [6, 6.07) is 6.47. The highest BCUT2D eigenvalue weighted by Crippen LogP contribution is 2.42. The summed E-state index contributed by atoms with van der Waals surface area (Å²) in [6.45, 7) is 2.04. The first kappa shape index (κ1) is 11.8. The Hall–Kier alpha value is -1.26. The Morgan fingerprint density at radius 1 is 1.28 bits per heavy atom. The molecule has 1 saturated carbocycles. The van der Waals surface area contributed by atoms with Crippen molar-refractivity contribution in [1.82, 2.24) is 4.98 Å². The minimum absolute atomic E-state index is 0.215. The van der Waals surface area contributed by atoms with E-state index in [1.165, 1.54) is 18.6 Å². The summed E-state index contributed by atoms with van der Waals surface area (Å²) >= 11 is 1.67. The topological polar surface area (TPSA) is 38.9 Å². The Labute approximate surface area is 110 Å². The Morgan fingerprint density at radius 3 is 2.50 bits per heavy atom. The van der Waals surface area contributed by atoms with Gasteiger partial charge >= 0.3 is 0 Å². The van der Waals surface area contributed by atoms with Crippen molar-refractivity contribution < 1.29 is 4.39 Å². The third-order valence-corrected chi connectivity index (χ3v) is 4.78. The number of hydrogen-bond acceptors (Lipinski definition) is 3. The molecule has 2 N–H and O–H groups in total. The van der Waals surface area contributed by atoms with Crippen molar-refractivity contribution in [2.45, 2.75) is 31.7 Å². The van der Waals surface area contributed by atoms with E-state index in [-0.39, 0.29) is 11.4 Å². The first-order valence-electron chi connectivity index (χ1n) is 6.11. The fraction of sp³-hybridized carbons (Fsp3) is 0.357. The molecule has 0 bridgehead atoms. The molecule has 2 nitrogen and oxygen atoms in total. The van der Waals surface area contributed by atoms with Crippen molar-refractivity contribution in [1.29, 1.82) is 0 Å². The monoisotopic (exact) mass is 262 g/mol. The lowest BCUT2D eigenvalue weighted by Gasteiger charge is -2.35. The van der Waals surface area contributed by atoms with Crippen molar-refractivity contribution in [2.24, 2.45) is 5.73 Å². The van der Waals surface area contributed by atoms with E-state index in [1.807, 2.05) is 6.92 Å². The molecule has 1 aromatic carbocycles. The molecule has 0 aliphatic heterocycles. The predicted octanol–water partition coefficient (Wildman–Crippen LogP) is 3.60. The van der Waals surface area contributed by atoms with E-state index < -0.39 is 0 Å². The number of nitrogens with zero attached hydrogens (tertiary/aromatic N) is 1. The molecule has 0 unspecified atom stereocenters. The van der Waals surface area contributed by atoms with Crippen molar-refractivity contribution >= 4 is 11.3 Å². The third kappa shape index (κ3) is 1.85. The van der Waals surface area contributed by atoms with Crippen LogP contribution in [0.1, 0.15) is 29.1 Å². The lowest BCUT2D eigenvalue weighted by atomic mass is 9.78. The number of hydrogen-bond donors (Lipinski definition) is 1. The van der Waals surface area contributed by atoms with Gasteiger partial charge in [0, 0.05) is 10.4 Å². The molecule has 94 valence electrons. The van der Waals surface area contributed by atoms with E-state index in [2.05, 4.69) is 4.98 Å². The molecule has 1 aromatic heterocycles. The van der Waals surface area contributed by atoms with Crippen LogP contribution in [-0.4, -0.2) is 4.98 Å². The maximum atomic E-state index is 12.9. The van der Waals surface area contributed by atoms with E-state index in [4.69, 9.17) is 5.73 Å². The van der Waals surface area contributed by atoms with Gasteiger partial charge in [-0.05, 0) is 50.5 Å². The van der Waals surface area contributed by atoms with Crippen LogP contribution < -0.4 is 5.73 Å². The van der Waals surface area contributed by atoms with Crippen LogP contribution in [0.2, 0.25) is 0 Å². The zero-order valence-corrected chi connectivity index (χ0v) is 11.1. The molecular formula is C14H15FN2S. The first-order chi connectivity index (χ1) is 8.58. The van der Waals surface area contributed by atoms with E-state index >= 15 is 0 Å². The highest BCUT2D eigenvalue weighted by Gasteiger charge is 2.37. The Bertz CT molecular complexity index is 570. The van der Waals surface area contributed by atoms with Gasteiger partial charge in [-0.15, -0.1) is 11.3 Å². The third-order valence-electron chi connectivity index (χ3n) is 3.59. The van der Waals surface area contributed by atoms with Gasteiger partial charge in [-0.3, -0.25) is 0 Å².